The summed E-state index contributed by atoms with van der Waals surface area (Å²) >= 11 is 0. The Kier molecular flexibility index (Phi) is 11.6. The number of fused-ring (bicyclic) bond motifs is 5. The first-order valence-electron chi connectivity index (χ1n) is 16.1. The summed E-state index contributed by atoms with van der Waals surface area (Å²) in [6.45, 7) is 10.7. The lowest BCUT2D eigenvalue weighted by molar-refractivity contribution is -0.267. The summed E-state index contributed by atoms with van der Waals surface area (Å²) in [6, 6.07) is 0. The maximum absolute atomic E-state index is 12.0. The molecule has 0 radical (unpaired) electrons. The van der Waals surface area contributed by atoms with E-state index in [4.69, 9.17) is 33.2 Å². The molecule has 4 fully saturated rings. The molecular formula is C33H58O8. The molecule has 8 heteroatoms. The maximum Gasteiger partial charge on any atom is 0.305 e. The highest BCUT2D eigenvalue weighted by Crippen LogP contribution is 2.70. The van der Waals surface area contributed by atoms with Crippen molar-refractivity contribution < 1.29 is 38.0 Å². The Labute approximate surface area is 248 Å². The van der Waals surface area contributed by atoms with Crippen molar-refractivity contribution in [2.75, 3.05) is 48.8 Å². The second-order valence-corrected chi connectivity index (χ2v) is 13.9. The summed E-state index contributed by atoms with van der Waals surface area (Å²) in [5.41, 5.74) is 0.167. The van der Waals surface area contributed by atoms with Crippen molar-refractivity contribution in [3.63, 3.8) is 0 Å². The molecule has 4 aliphatic carbocycles. The van der Waals surface area contributed by atoms with E-state index in [0.717, 1.165) is 44.9 Å². The van der Waals surface area contributed by atoms with Crippen LogP contribution in [-0.2, 0) is 38.0 Å². The third kappa shape index (κ3) is 6.26. The zero-order valence-corrected chi connectivity index (χ0v) is 27.0. The van der Waals surface area contributed by atoms with Crippen LogP contribution in [0.3, 0.4) is 0 Å². The summed E-state index contributed by atoms with van der Waals surface area (Å²) in [5, 5.41) is 0. The average molecular weight is 583 g/mol. The predicted octanol–water partition coefficient (Wildman–Crippen LogP) is 6.06. The molecule has 41 heavy (non-hydrogen) atoms. The van der Waals surface area contributed by atoms with Gasteiger partial charge in [-0.25, -0.2) is 0 Å². The number of ether oxygens (including phenoxy) is 7. The standard InChI is InChI=1S/C33H58O8/c1-9-23-26-16-22(39-18-35-5)14-15-32(26,3)27-17-28(40-19-36-6)33(4)24(21(2)10-13-29(34)38-8)11-12-25(33)30(27)31(23)41-20-37-7/h21-28,30-31H,9-20H2,1-8H3/t21-,22-,23-,24-,25+,26+,27+,28+,30+,31-,32+,33-/m1/s1. The van der Waals surface area contributed by atoms with Crippen molar-refractivity contribution in [1.29, 1.82) is 0 Å². The first-order valence-corrected chi connectivity index (χ1v) is 16.1. The van der Waals surface area contributed by atoms with Gasteiger partial charge in [0.15, 0.2) is 0 Å². The van der Waals surface area contributed by atoms with Crippen molar-refractivity contribution in [2.45, 2.75) is 104 Å². The van der Waals surface area contributed by atoms with Crippen molar-refractivity contribution in [2.24, 2.45) is 52.3 Å². The van der Waals surface area contributed by atoms with Crippen LogP contribution >= 0.6 is 0 Å². The van der Waals surface area contributed by atoms with Gasteiger partial charge in [0.2, 0.25) is 0 Å². The molecule has 4 aliphatic rings. The lowest BCUT2D eigenvalue weighted by atomic mass is 9.40. The van der Waals surface area contributed by atoms with Gasteiger partial charge < -0.3 is 33.2 Å². The van der Waals surface area contributed by atoms with E-state index in [1.165, 1.54) is 13.5 Å². The fraction of sp³-hybridized carbons (Fsp3) is 0.970. The fourth-order valence-corrected chi connectivity index (χ4v) is 10.6. The van der Waals surface area contributed by atoms with Crippen molar-refractivity contribution in [3.8, 4) is 0 Å². The molecule has 0 N–H and O–H groups in total. The Morgan fingerprint density at radius 1 is 0.854 bits per heavy atom. The molecule has 4 rings (SSSR count). The van der Waals surface area contributed by atoms with Crippen molar-refractivity contribution >= 4 is 5.97 Å². The Morgan fingerprint density at radius 2 is 1.54 bits per heavy atom. The van der Waals surface area contributed by atoms with Crippen LogP contribution in [0.25, 0.3) is 0 Å². The molecule has 0 bridgehead atoms. The van der Waals surface area contributed by atoms with Gasteiger partial charge in [-0.3, -0.25) is 4.79 Å². The SMILES string of the molecule is CC[C@H]1[C@@H](OCOC)[C@@H]2[C@H](C[C@H](OCOC)[C@]3(C)[C@@H]([C@H](C)CCC(=O)OC)CC[C@@H]23)[C@@]2(C)CC[C@@H](OCOC)C[C@@H]12. The van der Waals surface area contributed by atoms with Crippen LogP contribution in [0.2, 0.25) is 0 Å². The van der Waals surface area contributed by atoms with E-state index >= 15 is 0 Å². The minimum Gasteiger partial charge on any atom is -0.469 e. The second kappa shape index (κ2) is 14.3. The number of hydrogen-bond acceptors (Lipinski definition) is 8. The summed E-state index contributed by atoms with van der Waals surface area (Å²) in [4.78, 5) is 12.0. The highest BCUT2D eigenvalue weighted by Gasteiger charge is 2.68. The molecule has 4 saturated carbocycles. The summed E-state index contributed by atoms with van der Waals surface area (Å²) < 4.78 is 40.9. The van der Waals surface area contributed by atoms with Gasteiger partial charge in [-0.15, -0.1) is 0 Å². The lowest BCUT2D eigenvalue weighted by Crippen LogP contribution is -2.66. The Balaban J connectivity index is 1.71. The highest BCUT2D eigenvalue weighted by atomic mass is 16.7. The van der Waals surface area contributed by atoms with Crippen LogP contribution in [0.5, 0.6) is 0 Å². The first kappa shape index (κ1) is 33.1. The highest BCUT2D eigenvalue weighted by molar-refractivity contribution is 5.69. The molecule has 12 atom stereocenters. The largest absolute Gasteiger partial charge is 0.469 e. The number of esters is 1. The van der Waals surface area contributed by atoms with E-state index in [2.05, 4.69) is 27.7 Å². The zero-order chi connectivity index (χ0) is 29.8. The molecule has 0 aromatic heterocycles. The normalized spacial score (nSPS) is 42.7. The van der Waals surface area contributed by atoms with E-state index in [1.54, 1.807) is 21.3 Å². The topological polar surface area (TPSA) is 81.7 Å². The monoisotopic (exact) mass is 582 g/mol. The van der Waals surface area contributed by atoms with Crippen LogP contribution < -0.4 is 0 Å². The number of hydrogen-bond donors (Lipinski definition) is 0. The summed E-state index contributed by atoms with van der Waals surface area (Å²) in [6.07, 6.45) is 9.46. The molecule has 0 spiro atoms. The third-order valence-electron chi connectivity index (χ3n) is 12.4. The number of carbonyl (C=O) groups is 1. The molecule has 0 aromatic rings. The van der Waals surface area contributed by atoms with Gasteiger partial charge in [0.05, 0.1) is 25.4 Å². The fourth-order valence-electron chi connectivity index (χ4n) is 10.6. The summed E-state index contributed by atoms with van der Waals surface area (Å²) in [7, 11) is 6.63. The smallest absolute Gasteiger partial charge is 0.305 e. The third-order valence-corrected chi connectivity index (χ3v) is 12.4. The Morgan fingerprint density at radius 3 is 2.20 bits per heavy atom. The second-order valence-electron chi connectivity index (χ2n) is 13.9. The van der Waals surface area contributed by atoms with Gasteiger partial charge in [-0.1, -0.05) is 34.1 Å². The van der Waals surface area contributed by atoms with Crippen LogP contribution in [0.15, 0.2) is 0 Å². The molecular weight excluding hydrogens is 524 g/mol. The molecule has 0 aromatic carbocycles. The van der Waals surface area contributed by atoms with E-state index in [9.17, 15) is 4.79 Å². The van der Waals surface area contributed by atoms with Gasteiger partial charge in [0, 0.05) is 33.2 Å². The van der Waals surface area contributed by atoms with Crippen LogP contribution in [0, 0.1) is 52.3 Å². The van der Waals surface area contributed by atoms with Gasteiger partial charge in [-0.05, 0) is 91.8 Å². The van der Waals surface area contributed by atoms with Crippen molar-refractivity contribution in [3.05, 3.63) is 0 Å². The van der Waals surface area contributed by atoms with E-state index in [0.29, 0.717) is 68.2 Å². The van der Waals surface area contributed by atoms with Crippen LogP contribution in [0.1, 0.15) is 85.5 Å². The van der Waals surface area contributed by atoms with Gasteiger partial charge in [0.25, 0.3) is 0 Å². The summed E-state index contributed by atoms with van der Waals surface area (Å²) in [5.74, 6) is 3.10. The Bertz CT molecular complexity index is 838. The molecule has 0 heterocycles. The molecule has 0 saturated heterocycles. The molecule has 8 nitrogen and oxygen atoms in total. The minimum atomic E-state index is -0.123. The maximum atomic E-state index is 12.0. The molecule has 0 unspecified atom stereocenters. The number of rotatable bonds is 14. The predicted molar refractivity (Wildman–Crippen MR) is 156 cm³/mol. The molecule has 238 valence electrons. The quantitative estimate of drug-likeness (QED) is 0.181. The average Bonchev–Trinajstić information content (AvgIpc) is 3.34. The molecule has 0 amide bonds. The number of carbonyl (C=O) groups excluding carboxylic acids is 1. The van der Waals surface area contributed by atoms with E-state index in [1.807, 2.05) is 0 Å². The minimum absolute atomic E-state index is 0.0236. The van der Waals surface area contributed by atoms with Crippen molar-refractivity contribution in [1.82, 2.24) is 0 Å². The first-order chi connectivity index (χ1) is 19.7. The van der Waals surface area contributed by atoms with Gasteiger partial charge in [-0.2, -0.15) is 0 Å². The van der Waals surface area contributed by atoms with E-state index < -0.39 is 0 Å². The van der Waals surface area contributed by atoms with Crippen LogP contribution in [0.4, 0.5) is 0 Å². The number of methoxy groups -OCH3 is 4. The van der Waals surface area contributed by atoms with E-state index in [-0.39, 0.29) is 35.1 Å². The van der Waals surface area contributed by atoms with Gasteiger partial charge >= 0.3 is 5.97 Å². The van der Waals surface area contributed by atoms with Gasteiger partial charge in [0.1, 0.15) is 20.4 Å². The lowest BCUT2D eigenvalue weighted by Gasteiger charge is -2.66. The Hall–Kier alpha value is -0.770. The molecule has 0 aliphatic heterocycles. The zero-order valence-electron chi connectivity index (χ0n) is 27.0. The van der Waals surface area contributed by atoms with Crippen LogP contribution in [-0.4, -0.2) is 73.1 Å².